The molecular formula is C14H18BrNO6. The Bertz CT molecular complexity index is 527. The van der Waals surface area contributed by atoms with Gasteiger partial charge in [0.15, 0.2) is 5.76 Å². The molecule has 0 aromatic carbocycles. The normalized spacial score (nSPS) is 11.6. The third-order valence-corrected chi connectivity index (χ3v) is 3.03. The molecule has 0 aliphatic heterocycles. The Morgan fingerprint density at radius 3 is 2.50 bits per heavy atom. The zero-order valence-electron chi connectivity index (χ0n) is 12.4. The minimum Gasteiger partial charge on any atom is -0.466 e. The van der Waals surface area contributed by atoms with Crippen LogP contribution in [0.3, 0.4) is 0 Å². The summed E-state index contributed by atoms with van der Waals surface area (Å²) in [5.41, 5.74) is 0. The van der Waals surface area contributed by atoms with Gasteiger partial charge in [-0.15, -0.1) is 0 Å². The van der Waals surface area contributed by atoms with Crippen molar-refractivity contribution in [1.82, 2.24) is 5.32 Å². The first kappa shape index (κ1) is 18.2. The van der Waals surface area contributed by atoms with E-state index in [0.717, 1.165) is 0 Å². The second-order valence-corrected chi connectivity index (χ2v) is 5.17. The van der Waals surface area contributed by atoms with Crippen LogP contribution in [0, 0.1) is 0 Å². The Labute approximate surface area is 136 Å². The van der Waals surface area contributed by atoms with Crippen LogP contribution in [0.2, 0.25) is 0 Å². The second-order valence-electron chi connectivity index (χ2n) is 4.25. The summed E-state index contributed by atoms with van der Waals surface area (Å²) in [6.07, 6.45) is 1.44. The van der Waals surface area contributed by atoms with Crippen LogP contribution < -0.4 is 5.32 Å². The number of nitrogens with one attached hydrogen (secondary N) is 1. The second kappa shape index (κ2) is 9.24. The first-order valence-electron chi connectivity index (χ1n) is 6.85. The largest absolute Gasteiger partial charge is 0.466 e. The molecule has 1 aromatic rings. The molecule has 0 saturated carbocycles. The Hall–Kier alpha value is -1.83. The summed E-state index contributed by atoms with van der Waals surface area (Å²) in [7, 11) is 0. The van der Waals surface area contributed by atoms with Crippen molar-refractivity contribution in [2.45, 2.75) is 32.7 Å². The number of furan rings is 1. The van der Waals surface area contributed by atoms with E-state index < -0.39 is 23.9 Å². The number of ether oxygens (including phenoxy) is 2. The van der Waals surface area contributed by atoms with Crippen LogP contribution in [0.5, 0.6) is 0 Å². The zero-order valence-corrected chi connectivity index (χ0v) is 14.0. The predicted molar refractivity (Wildman–Crippen MR) is 80.2 cm³/mol. The lowest BCUT2D eigenvalue weighted by Gasteiger charge is -2.16. The van der Waals surface area contributed by atoms with Gasteiger partial charge in [-0.1, -0.05) is 0 Å². The highest BCUT2D eigenvalue weighted by Crippen LogP contribution is 2.14. The molecule has 0 saturated heterocycles. The van der Waals surface area contributed by atoms with E-state index in [0.29, 0.717) is 4.47 Å². The van der Waals surface area contributed by atoms with Crippen LogP contribution >= 0.6 is 15.9 Å². The quantitative estimate of drug-likeness (QED) is 0.698. The average molecular weight is 376 g/mol. The molecule has 1 N–H and O–H groups in total. The number of amides is 1. The Kier molecular flexibility index (Phi) is 7.65. The van der Waals surface area contributed by atoms with Crippen LogP contribution in [0.25, 0.3) is 0 Å². The summed E-state index contributed by atoms with van der Waals surface area (Å²) in [5.74, 6) is -1.55. The fourth-order valence-corrected chi connectivity index (χ4v) is 1.95. The molecule has 1 amide bonds. The number of hydrogen-bond acceptors (Lipinski definition) is 6. The number of carbonyl (C=O) groups excluding carboxylic acids is 3. The predicted octanol–water partition coefficient (Wildman–Crippen LogP) is 2.05. The fraction of sp³-hybridized carbons (Fsp3) is 0.500. The highest BCUT2D eigenvalue weighted by Gasteiger charge is 2.25. The van der Waals surface area contributed by atoms with E-state index >= 15 is 0 Å². The SMILES string of the molecule is CCOC(=O)CC[C@@H](NC(=O)c1cc(Br)co1)C(=O)OCC. The molecule has 22 heavy (non-hydrogen) atoms. The van der Waals surface area contributed by atoms with Crippen molar-refractivity contribution in [3.63, 3.8) is 0 Å². The number of esters is 2. The van der Waals surface area contributed by atoms with Gasteiger partial charge >= 0.3 is 11.9 Å². The van der Waals surface area contributed by atoms with E-state index in [1.54, 1.807) is 13.8 Å². The molecule has 0 bridgehead atoms. The Morgan fingerprint density at radius 1 is 1.27 bits per heavy atom. The third-order valence-electron chi connectivity index (χ3n) is 2.61. The van der Waals surface area contributed by atoms with Crippen molar-refractivity contribution >= 4 is 33.8 Å². The van der Waals surface area contributed by atoms with E-state index in [1.165, 1.54) is 12.3 Å². The van der Waals surface area contributed by atoms with Gasteiger partial charge in [0.1, 0.15) is 12.3 Å². The van der Waals surface area contributed by atoms with Crippen molar-refractivity contribution in [3.05, 3.63) is 22.6 Å². The van der Waals surface area contributed by atoms with Gasteiger partial charge in [0.25, 0.3) is 5.91 Å². The number of carbonyl (C=O) groups is 3. The molecule has 1 aromatic heterocycles. The summed E-state index contributed by atoms with van der Waals surface area (Å²) in [4.78, 5) is 35.2. The van der Waals surface area contributed by atoms with Crippen molar-refractivity contribution < 1.29 is 28.3 Å². The van der Waals surface area contributed by atoms with E-state index in [1.807, 2.05) is 0 Å². The van der Waals surface area contributed by atoms with Crippen molar-refractivity contribution in [2.75, 3.05) is 13.2 Å². The topological polar surface area (TPSA) is 94.8 Å². The molecule has 7 nitrogen and oxygen atoms in total. The number of hydrogen-bond donors (Lipinski definition) is 1. The summed E-state index contributed by atoms with van der Waals surface area (Å²) in [6, 6.07) is 0.531. The first-order chi connectivity index (χ1) is 10.5. The molecule has 0 aliphatic rings. The van der Waals surface area contributed by atoms with Gasteiger partial charge in [0.05, 0.1) is 17.7 Å². The highest BCUT2D eigenvalue weighted by atomic mass is 79.9. The molecule has 1 atom stereocenters. The van der Waals surface area contributed by atoms with E-state index in [4.69, 9.17) is 13.9 Å². The maximum atomic E-state index is 12.0. The van der Waals surface area contributed by atoms with Crippen LogP contribution in [0.4, 0.5) is 0 Å². The van der Waals surface area contributed by atoms with Crippen LogP contribution in [-0.2, 0) is 19.1 Å². The van der Waals surface area contributed by atoms with E-state index in [9.17, 15) is 14.4 Å². The number of halogens is 1. The summed E-state index contributed by atoms with van der Waals surface area (Å²) < 4.78 is 15.3. The lowest BCUT2D eigenvalue weighted by Crippen LogP contribution is -2.42. The van der Waals surface area contributed by atoms with Gasteiger partial charge in [0, 0.05) is 12.5 Å². The molecule has 0 fully saturated rings. The van der Waals surface area contributed by atoms with Crippen LogP contribution in [-0.4, -0.2) is 37.1 Å². The van der Waals surface area contributed by atoms with Gasteiger partial charge in [-0.2, -0.15) is 0 Å². The minimum absolute atomic E-state index is 0.000545. The molecule has 1 heterocycles. The van der Waals surface area contributed by atoms with Crippen LogP contribution in [0.15, 0.2) is 21.2 Å². The number of rotatable bonds is 8. The lowest BCUT2D eigenvalue weighted by atomic mass is 10.1. The zero-order chi connectivity index (χ0) is 16.5. The third kappa shape index (κ3) is 5.88. The standard InChI is InChI=1S/C14H18BrNO6/c1-3-20-12(17)6-5-10(14(19)21-4-2)16-13(18)11-7-9(15)8-22-11/h7-8,10H,3-6H2,1-2H3,(H,16,18)/t10-/m1/s1. The maximum absolute atomic E-state index is 12.0. The van der Waals surface area contributed by atoms with Crippen molar-refractivity contribution in [1.29, 1.82) is 0 Å². The molecule has 0 spiro atoms. The van der Waals surface area contributed by atoms with Gasteiger partial charge in [-0.25, -0.2) is 4.79 Å². The summed E-state index contributed by atoms with van der Waals surface area (Å²) in [6.45, 7) is 3.79. The van der Waals surface area contributed by atoms with Gasteiger partial charge < -0.3 is 19.2 Å². The molecule has 1 rings (SSSR count). The molecular weight excluding hydrogens is 358 g/mol. The minimum atomic E-state index is -0.944. The molecule has 122 valence electrons. The van der Waals surface area contributed by atoms with Gasteiger partial charge in [-0.05, 0) is 36.2 Å². The van der Waals surface area contributed by atoms with Crippen molar-refractivity contribution in [3.8, 4) is 0 Å². The average Bonchev–Trinajstić information content (AvgIpc) is 2.90. The van der Waals surface area contributed by atoms with E-state index in [-0.39, 0.29) is 31.8 Å². The summed E-state index contributed by atoms with van der Waals surface area (Å²) >= 11 is 3.16. The fourth-order valence-electron chi connectivity index (χ4n) is 1.65. The first-order valence-corrected chi connectivity index (χ1v) is 7.64. The molecule has 8 heteroatoms. The molecule has 0 radical (unpaired) electrons. The summed E-state index contributed by atoms with van der Waals surface area (Å²) in [5, 5.41) is 2.49. The molecule has 0 unspecified atom stereocenters. The van der Waals surface area contributed by atoms with Gasteiger partial charge in [0.2, 0.25) is 0 Å². The smallest absolute Gasteiger partial charge is 0.328 e. The Morgan fingerprint density at radius 2 is 1.95 bits per heavy atom. The van der Waals surface area contributed by atoms with E-state index in [2.05, 4.69) is 21.2 Å². The van der Waals surface area contributed by atoms with Crippen molar-refractivity contribution in [2.24, 2.45) is 0 Å². The van der Waals surface area contributed by atoms with Crippen LogP contribution in [0.1, 0.15) is 37.2 Å². The lowest BCUT2D eigenvalue weighted by molar-refractivity contribution is -0.146. The molecule has 0 aliphatic carbocycles. The highest BCUT2D eigenvalue weighted by molar-refractivity contribution is 9.10. The van der Waals surface area contributed by atoms with Gasteiger partial charge in [-0.3, -0.25) is 9.59 Å². The monoisotopic (exact) mass is 375 g/mol. The Balaban J connectivity index is 2.66. The maximum Gasteiger partial charge on any atom is 0.328 e.